The molecule has 0 aromatic carbocycles. The molecule has 1 unspecified atom stereocenters. The lowest BCUT2D eigenvalue weighted by atomic mass is 10.4. The molecule has 1 aliphatic heterocycles. The molecule has 1 N–H and O–H groups in total. The van der Waals surface area contributed by atoms with Gasteiger partial charge in [-0.15, -0.1) is 0 Å². The molecule has 1 atom stereocenters. The molecule has 0 saturated carbocycles. The molecule has 8 heteroatoms. The zero-order valence-electron chi connectivity index (χ0n) is 7.57. The molecule has 1 fully saturated rings. The zero-order chi connectivity index (χ0) is 10.8. The molecule has 1 saturated heterocycles. The third-order valence-corrected chi connectivity index (χ3v) is 4.01. The first-order chi connectivity index (χ1) is 6.45. The lowest BCUT2D eigenvalue weighted by Crippen LogP contribution is -2.42. The minimum absolute atomic E-state index is 0.150. The predicted molar refractivity (Wildman–Crippen MR) is 53.4 cm³/mol. The molecule has 0 aromatic heterocycles. The summed E-state index contributed by atoms with van der Waals surface area (Å²) in [4.78, 5) is 10.9. The van der Waals surface area contributed by atoms with Crippen molar-refractivity contribution in [3.8, 4) is 0 Å². The third-order valence-electron chi connectivity index (χ3n) is 1.83. The number of ether oxygens (including phenoxy) is 1. The standard InChI is InChI=1S/C6H11BrN2O4S/c1-13-6(10)8-14(11,12)9-3-2-5(7)4-9/h5H,2-4H2,1H3,(H,8,10). The Morgan fingerprint density at radius 2 is 2.29 bits per heavy atom. The molecule has 82 valence electrons. The summed E-state index contributed by atoms with van der Waals surface area (Å²) >= 11 is 3.30. The Labute approximate surface area is 90.9 Å². The summed E-state index contributed by atoms with van der Waals surface area (Å²) in [5, 5.41) is 0. The number of hydrogen-bond acceptors (Lipinski definition) is 4. The fourth-order valence-electron chi connectivity index (χ4n) is 1.12. The van der Waals surface area contributed by atoms with Crippen LogP contribution in [-0.4, -0.2) is 43.8 Å². The number of hydrogen-bond donors (Lipinski definition) is 1. The Balaban J connectivity index is 2.62. The van der Waals surface area contributed by atoms with Crippen molar-refractivity contribution in [2.24, 2.45) is 0 Å². The van der Waals surface area contributed by atoms with Crippen LogP contribution in [0.4, 0.5) is 4.79 Å². The van der Waals surface area contributed by atoms with Crippen molar-refractivity contribution in [2.75, 3.05) is 20.2 Å². The SMILES string of the molecule is COC(=O)NS(=O)(=O)N1CCC(Br)C1. The van der Waals surface area contributed by atoms with Crippen LogP contribution < -0.4 is 4.72 Å². The summed E-state index contributed by atoms with van der Waals surface area (Å²) in [7, 11) is -2.61. The van der Waals surface area contributed by atoms with Gasteiger partial charge in [-0.3, -0.25) is 0 Å². The summed E-state index contributed by atoms with van der Waals surface area (Å²) in [5.41, 5.74) is 0. The van der Waals surface area contributed by atoms with Crippen LogP contribution in [0.3, 0.4) is 0 Å². The van der Waals surface area contributed by atoms with E-state index in [9.17, 15) is 13.2 Å². The van der Waals surface area contributed by atoms with Gasteiger partial charge in [-0.1, -0.05) is 15.9 Å². The summed E-state index contributed by atoms with van der Waals surface area (Å²) in [6.45, 7) is 0.772. The predicted octanol–water partition coefficient (Wildman–Crippen LogP) is 0.0564. The molecule has 1 heterocycles. The second-order valence-electron chi connectivity index (χ2n) is 2.84. The van der Waals surface area contributed by atoms with E-state index in [1.807, 2.05) is 0 Å². The first kappa shape index (κ1) is 11.7. The van der Waals surface area contributed by atoms with Crippen LogP contribution >= 0.6 is 15.9 Å². The molecule has 0 radical (unpaired) electrons. The molecular formula is C6H11BrN2O4S. The van der Waals surface area contributed by atoms with Crippen molar-refractivity contribution in [1.82, 2.24) is 9.03 Å². The van der Waals surface area contributed by atoms with Gasteiger partial charge in [0.15, 0.2) is 0 Å². The fourth-order valence-corrected chi connectivity index (χ4v) is 3.01. The van der Waals surface area contributed by atoms with Crippen LogP contribution in [0.25, 0.3) is 0 Å². The monoisotopic (exact) mass is 286 g/mol. The van der Waals surface area contributed by atoms with Crippen molar-refractivity contribution in [3.63, 3.8) is 0 Å². The first-order valence-electron chi connectivity index (χ1n) is 3.95. The molecular weight excluding hydrogens is 276 g/mol. The minimum atomic E-state index is -3.73. The molecule has 0 aliphatic carbocycles. The van der Waals surface area contributed by atoms with E-state index < -0.39 is 16.3 Å². The van der Waals surface area contributed by atoms with Gasteiger partial charge in [-0.25, -0.2) is 9.52 Å². The molecule has 0 spiro atoms. The summed E-state index contributed by atoms with van der Waals surface area (Å²) in [6.07, 6.45) is -0.231. The van der Waals surface area contributed by atoms with Crippen molar-refractivity contribution >= 4 is 32.2 Å². The quantitative estimate of drug-likeness (QED) is 0.728. The van der Waals surface area contributed by atoms with E-state index in [2.05, 4.69) is 20.7 Å². The van der Waals surface area contributed by atoms with Crippen LogP contribution in [0.2, 0.25) is 0 Å². The summed E-state index contributed by atoms with van der Waals surface area (Å²) < 4.78 is 30.1. The van der Waals surface area contributed by atoms with Crippen molar-refractivity contribution in [1.29, 1.82) is 0 Å². The van der Waals surface area contributed by atoms with Crippen molar-refractivity contribution in [2.45, 2.75) is 11.2 Å². The van der Waals surface area contributed by atoms with Gasteiger partial charge in [-0.2, -0.15) is 12.7 Å². The van der Waals surface area contributed by atoms with Crippen LogP contribution in [0.1, 0.15) is 6.42 Å². The molecule has 0 aromatic rings. The Hall–Kier alpha value is -0.340. The van der Waals surface area contributed by atoms with E-state index in [-0.39, 0.29) is 4.83 Å². The number of carbonyl (C=O) groups excluding carboxylic acids is 1. The number of carbonyl (C=O) groups is 1. The van der Waals surface area contributed by atoms with Gasteiger partial charge in [0.05, 0.1) is 7.11 Å². The van der Waals surface area contributed by atoms with E-state index >= 15 is 0 Å². The number of amides is 1. The van der Waals surface area contributed by atoms with Crippen LogP contribution in [-0.2, 0) is 14.9 Å². The molecule has 1 aliphatic rings. The van der Waals surface area contributed by atoms with Crippen molar-refractivity contribution < 1.29 is 17.9 Å². The maximum atomic E-state index is 11.4. The molecule has 6 nitrogen and oxygen atoms in total. The average Bonchev–Trinajstić information content (AvgIpc) is 2.51. The van der Waals surface area contributed by atoms with Gasteiger partial charge in [0.1, 0.15) is 0 Å². The molecule has 1 amide bonds. The largest absolute Gasteiger partial charge is 0.452 e. The van der Waals surface area contributed by atoms with Crippen LogP contribution in [0.5, 0.6) is 0 Å². The van der Waals surface area contributed by atoms with Gasteiger partial charge < -0.3 is 4.74 Å². The van der Waals surface area contributed by atoms with E-state index in [1.54, 1.807) is 4.72 Å². The van der Waals surface area contributed by atoms with E-state index in [0.717, 1.165) is 13.5 Å². The topological polar surface area (TPSA) is 75.7 Å². The second-order valence-corrected chi connectivity index (χ2v) is 5.81. The summed E-state index contributed by atoms with van der Waals surface area (Å²) in [6, 6.07) is 0. The van der Waals surface area contributed by atoms with Gasteiger partial charge in [-0.05, 0) is 6.42 Å². The number of nitrogens with one attached hydrogen (secondary N) is 1. The van der Waals surface area contributed by atoms with Gasteiger partial charge in [0.2, 0.25) is 0 Å². The van der Waals surface area contributed by atoms with E-state index in [1.165, 1.54) is 4.31 Å². The maximum absolute atomic E-state index is 11.4. The van der Waals surface area contributed by atoms with Gasteiger partial charge >= 0.3 is 16.3 Å². The Morgan fingerprint density at radius 3 is 2.71 bits per heavy atom. The molecule has 14 heavy (non-hydrogen) atoms. The van der Waals surface area contributed by atoms with Gasteiger partial charge in [0.25, 0.3) is 0 Å². The Kier molecular flexibility index (Phi) is 3.73. The minimum Gasteiger partial charge on any atom is -0.452 e. The van der Waals surface area contributed by atoms with Gasteiger partial charge in [0, 0.05) is 17.9 Å². The fraction of sp³-hybridized carbons (Fsp3) is 0.833. The lowest BCUT2D eigenvalue weighted by molar-refractivity contribution is 0.177. The van der Waals surface area contributed by atoms with Crippen LogP contribution in [0, 0.1) is 0 Å². The third kappa shape index (κ3) is 2.82. The highest BCUT2D eigenvalue weighted by molar-refractivity contribution is 9.09. The van der Waals surface area contributed by atoms with Crippen molar-refractivity contribution in [3.05, 3.63) is 0 Å². The lowest BCUT2D eigenvalue weighted by Gasteiger charge is -2.15. The number of methoxy groups -OCH3 is 1. The highest BCUT2D eigenvalue weighted by atomic mass is 79.9. The summed E-state index contributed by atoms with van der Waals surface area (Å²) in [5.74, 6) is 0. The second kappa shape index (κ2) is 4.45. The number of alkyl halides is 1. The van der Waals surface area contributed by atoms with Crippen LogP contribution in [0.15, 0.2) is 0 Å². The van der Waals surface area contributed by atoms with E-state index in [0.29, 0.717) is 13.1 Å². The normalized spacial score (nSPS) is 23.4. The smallest absolute Gasteiger partial charge is 0.421 e. The Bertz CT molecular complexity index is 318. The zero-order valence-corrected chi connectivity index (χ0v) is 9.97. The number of rotatable bonds is 2. The molecule has 0 bridgehead atoms. The number of halogens is 1. The first-order valence-corrected chi connectivity index (χ1v) is 6.31. The average molecular weight is 287 g/mol. The highest BCUT2D eigenvalue weighted by Crippen LogP contribution is 2.18. The maximum Gasteiger partial charge on any atom is 0.421 e. The highest BCUT2D eigenvalue weighted by Gasteiger charge is 2.31. The number of nitrogens with zero attached hydrogens (tertiary/aromatic N) is 1. The van der Waals surface area contributed by atoms with E-state index in [4.69, 9.17) is 0 Å². The Morgan fingerprint density at radius 1 is 1.64 bits per heavy atom. The molecule has 1 rings (SSSR count).